The second kappa shape index (κ2) is 5.26. The van der Waals surface area contributed by atoms with E-state index in [9.17, 15) is 9.90 Å². The van der Waals surface area contributed by atoms with Crippen LogP contribution in [0.5, 0.6) is 0 Å². The summed E-state index contributed by atoms with van der Waals surface area (Å²) in [5.74, 6) is 0.223. The van der Waals surface area contributed by atoms with Gasteiger partial charge < -0.3 is 15.0 Å². The number of fused-ring (bicyclic) bond motifs is 1. The first kappa shape index (κ1) is 12.6. The van der Waals surface area contributed by atoms with Crippen molar-refractivity contribution in [3.63, 3.8) is 0 Å². The lowest BCUT2D eigenvalue weighted by molar-refractivity contribution is -0.139. The highest BCUT2D eigenvalue weighted by Crippen LogP contribution is 2.20. The molecule has 0 spiro atoms. The molecule has 0 saturated heterocycles. The quantitative estimate of drug-likeness (QED) is 0.734. The van der Waals surface area contributed by atoms with Gasteiger partial charge in [-0.15, -0.1) is 10.2 Å². The predicted octanol–water partition coefficient (Wildman–Crippen LogP) is -0.311. The minimum Gasteiger partial charge on any atom is -0.480 e. The molecule has 0 aromatic carbocycles. The zero-order valence-electron chi connectivity index (χ0n) is 10.8. The van der Waals surface area contributed by atoms with Gasteiger partial charge in [-0.05, 0) is 19.3 Å². The lowest BCUT2D eigenvalue weighted by Crippen LogP contribution is -2.42. The maximum Gasteiger partial charge on any atom is 0.320 e. The van der Waals surface area contributed by atoms with Crippen molar-refractivity contribution >= 4 is 5.97 Å². The van der Waals surface area contributed by atoms with Gasteiger partial charge in [0.2, 0.25) is 0 Å². The van der Waals surface area contributed by atoms with E-state index in [1.165, 1.54) is 0 Å². The van der Waals surface area contributed by atoms with Crippen molar-refractivity contribution in [3.05, 3.63) is 12.2 Å². The van der Waals surface area contributed by atoms with Crippen molar-refractivity contribution in [3.8, 4) is 0 Å². The van der Waals surface area contributed by atoms with Crippen LogP contribution in [0.15, 0.2) is 6.33 Å². The molecule has 0 radical (unpaired) electrons. The Morgan fingerprint density at radius 3 is 3.11 bits per heavy atom. The molecule has 1 aliphatic carbocycles. The molecular weight excluding hydrogens is 246 g/mol. The molecule has 19 heavy (non-hydrogen) atoms. The number of hydrogen-bond donors (Lipinski definition) is 2. The monoisotopic (exact) mass is 265 g/mol. The fraction of sp³-hybridized carbons (Fsp3) is 0.750. The van der Waals surface area contributed by atoms with Gasteiger partial charge >= 0.3 is 5.97 Å². The normalized spacial score (nSPS) is 21.1. The molecule has 1 saturated carbocycles. The van der Waals surface area contributed by atoms with Crippen LogP contribution in [-0.4, -0.2) is 55.9 Å². The average Bonchev–Trinajstić information content (AvgIpc) is 3.09. The first-order valence-electron chi connectivity index (χ1n) is 6.80. The molecule has 2 aliphatic rings. The zero-order valence-corrected chi connectivity index (χ0v) is 10.8. The van der Waals surface area contributed by atoms with Crippen molar-refractivity contribution in [1.82, 2.24) is 25.0 Å². The van der Waals surface area contributed by atoms with Crippen LogP contribution < -0.4 is 5.32 Å². The van der Waals surface area contributed by atoms with Crippen LogP contribution in [0.3, 0.4) is 0 Å². The van der Waals surface area contributed by atoms with E-state index in [0.717, 1.165) is 44.8 Å². The lowest BCUT2D eigenvalue weighted by atomic mass is 10.2. The number of carboxylic acids is 1. The van der Waals surface area contributed by atoms with Crippen LogP contribution in [0.1, 0.15) is 25.1 Å². The van der Waals surface area contributed by atoms with Crippen LogP contribution >= 0.6 is 0 Å². The molecule has 7 nitrogen and oxygen atoms in total. The summed E-state index contributed by atoms with van der Waals surface area (Å²) in [6.07, 6.45) is 4.61. The summed E-state index contributed by atoms with van der Waals surface area (Å²) in [5.41, 5.74) is 0. The van der Waals surface area contributed by atoms with Crippen LogP contribution in [0.25, 0.3) is 0 Å². The molecule has 0 amide bonds. The van der Waals surface area contributed by atoms with Crippen molar-refractivity contribution < 1.29 is 9.90 Å². The maximum atomic E-state index is 11.2. The molecule has 2 heterocycles. The molecule has 1 aliphatic heterocycles. The Balaban J connectivity index is 1.50. The summed E-state index contributed by atoms with van der Waals surface area (Å²) in [7, 11) is 0. The molecule has 3 rings (SSSR count). The van der Waals surface area contributed by atoms with Crippen LogP contribution in [0.4, 0.5) is 0 Å². The Hall–Kier alpha value is -1.47. The van der Waals surface area contributed by atoms with Crippen molar-refractivity contribution in [1.29, 1.82) is 0 Å². The van der Waals surface area contributed by atoms with E-state index < -0.39 is 12.0 Å². The molecule has 1 atom stereocenters. The second-order valence-electron chi connectivity index (χ2n) is 5.34. The van der Waals surface area contributed by atoms with Crippen LogP contribution in [0.2, 0.25) is 0 Å². The number of carboxylic acid groups (broad SMARTS) is 1. The number of carbonyl (C=O) groups is 1. The van der Waals surface area contributed by atoms with E-state index >= 15 is 0 Å². The summed E-state index contributed by atoms with van der Waals surface area (Å²) in [5, 5.41) is 20.3. The molecule has 1 unspecified atom stereocenters. The smallest absolute Gasteiger partial charge is 0.320 e. The highest BCUT2D eigenvalue weighted by atomic mass is 16.4. The second-order valence-corrected chi connectivity index (χ2v) is 5.34. The molecular formula is C12H19N5O2. The number of aliphatic carboxylic acids is 1. The Morgan fingerprint density at radius 2 is 2.37 bits per heavy atom. The largest absolute Gasteiger partial charge is 0.480 e. The number of aromatic nitrogens is 3. The Labute approximate surface area is 111 Å². The summed E-state index contributed by atoms with van der Waals surface area (Å²) in [6.45, 7) is 3.36. The molecule has 1 fully saturated rings. The van der Waals surface area contributed by atoms with Crippen LogP contribution in [0, 0.1) is 0 Å². The van der Waals surface area contributed by atoms with Gasteiger partial charge in [-0.3, -0.25) is 9.69 Å². The third kappa shape index (κ3) is 3.10. The molecule has 7 heteroatoms. The number of hydrogen-bond acceptors (Lipinski definition) is 5. The van der Waals surface area contributed by atoms with E-state index in [0.29, 0.717) is 12.5 Å². The summed E-state index contributed by atoms with van der Waals surface area (Å²) in [4.78, 5) is 13.4. The standard InChI is InChI=1S/C12H19N5O2/c18-12(19)10(14-9-1-2-9)3-4-16-5-6-17-8-13-15-11(17)7-16/h8-10,14H,1-7H2,(H,18,19). The van der Waals surface area contributed by atoms with Gasteiger partial charge in [0.25, 0.3) is 0 Å². The molecule has 1 aromatic rings. The van der Waals surface area contributed by atoms with E-state index in [2.05, 4.69) is 20.4 Å². The number of nitrogens with one attached hydrogen (secondary N) is 1. The molecule has 2 N–H and O–H groups in total. The Bertz CT molecular complexity index is 457. The van der Waals surface area contributed by atoms with Crippen LogP contribution in [-0.2, 0) is 17.9 Å². The van der Waals surface area contributed by atoms with Gasteiger partial charge in [0.1, 0.15) is 18.2 Å². The molecule has 0 bridgehead atoms. The predicted molar refractivity (Wildman–Crippen MR) is 67.5 cm³/mol. The van der Waals surface area contributed by atoms with E-state index in [1.54, 1.807) is 6.33 Å². The molecule has 1 aromatic heterocycles. The topological polar surface area (TPSA) is 83.3 Å². The maximum absolute atomic E-state index is 11.2. The highest BCUT2D eigenvalue weighted by Gasteiger charge is 2.28. The first-order valence-corrected chi connectivity index (χ1v) is 6.80. The third-order valence-corrected chi connectivity index (χ3v) is 3.76. The van der Waals surface area contributed by atoms with Crippen molar-refractivity contribution in [2.24, 2.45) is 0 Å². The highest BCUT2D eigenvalue weighted by molar-refractivity contribution is 5.73. The summed E-state index contributed by atoms with van der Waals surface area (Å²) >= 11 is 0. The average molecular weight is 265 g/mol. The fourth-order valence-corrected chi connectivity index (χ4v) is 2.43. The van der Waals surface area contributed by atoms with Gasteiger partial charge in [-0.2, -0.15) is 0 Å². The van der Waals surface area contributed by atoms with E-state index in [1.807, 2.05) is 4.57 Å². The summed E-state index contributed by atoms with van der Waals surface area (Å²) < 4.78 is 2.05. The zero-order chi connectivity index (χ0) is 13.2. The number of rotatable bonds is 6. The lowest BCUT2D eigenvalue weighted by Gasteiger charge is -2.27. The van der Waals surface area contributed by atoms with Gasteiger partial charge in [0.05, 0.1) is 6.54 Å². The van der Waals surface area contributed by atoms with E-state index in [-0.39, 0.29) is 0 Å². The first-order chi connectivity index (χ1) is 9.22. The molecule has 104 valence electrons. The van der Waals surface area contributed by atoms with Gasteiger partial charge in [-0.25, -0.2) is 0 Å². The van der Waals surface area contributed by atoms with Crippen molar-refractivity contribution in [2.75, 3.05) is 13.1 Å². The van der Waals surface area contributed by atoms with Gasteiger partial charge in [0.15, 0.2) is 0 Å². The van der Waals surface area contributed by atoms with Crippen molar-refractivity contribution in [2.45, 2.75) is 44.4 Å². The Morgan fingerprint density at radius 1 is 1.53 bits per heavy atom. The third-order valence-electron chi connectivity index (χ3n) is 3.76. The minimum atomic E-state index is -0.743. The van der Waals surface area contributed by atoms with E-state index in [4.69, 9.17) is 0 Å². The van der Waals surface area contributed by atoms with Gasteiger partial charge in [-0.1, -0.05) is 0 Å². The Kier molecular flexibility index (Phi) is 3.48. The fourth-order valence-electron chi connectivity index (χ4n) is 2.43. The number of nitrogens with zero attached hydrogens (tertiary/aromatic N) is 4. The summed E-state index contributed by atoms with van der Waals surface area (Å²) in [6, 6.07) is -0.00199. The minimum absolute atomic E-state index is 0.422. The van der Waals surface area contributed by atoms with Gasteiger partial charge in [0, 0.05) is 25.7 Å². The SMILES string of the molecule is O=C(O)C(CCN1CCn2cnnc2C1)NC1CC1.